The Labute approximate surface area is 123 Å². The van der Waals surface area contributed by atoms with Crippen molar-refractivity contribution >= 4 is 28.9 Å². The summed E-state index contributed by atoms with van der Waals surface area (Å²) in [5.74, 6) is -0.121. The van der Waals surface area contributed by atoms with Crippen LogP contribution in [0.3, 0.4) is 0 Å². The first-order valence-corrected chi connectivity index (χ1v) is 6.56. The van der Waals surface area contributed by atoms with E-state index >= 15 is 0 Å². The first kappa shape index (κ1) is 14.3. The topological polar surface area (TPSA) is 68.0 Å². The number of rotatable bonds is 3. The molecule has 0 spiro atoms. The van der Waals surface area contributed by atoms with E-state index in [0.29, 0.717) is 16.5 Å². The van der Waals surface area contributed by atoms with E-state index in [1.807, 2.05) is 26.0 Å². The van der Waals surface area contributed by atoms with Gasteiger partial charge in [-0.2, -0.15) is 0 Å². The van der Waals surface area contributed by atoms with E-state index in [1.54, 1.807) is 30.5 Å². The normalized spacial score (nSPS) is 11.2. The molecular weight excluding hydrogens is 274 g/mol. The van der Waals surface area contributed by atoms with E-state index in [4.69, 9.17) is 17.3 Å². The maximum Gasteiger partial charge on any atom is 0.234 e. The molecule has 0 unspecified atom stereocenters. The average Bonchev–Trinajstić information content (AvgIpc) is 2.39. The molecule has 104 valence electrons. The summed E-state index contributed by atoms with van der Waals surface area (Å²) in [6.45, 7) is 3.72. The van der Waals surface area contributed by atoms with Gasteiger partial charge in [0, 0.05) is 17.6 Å². The van der Waals surface area contributed by atoms with Crippen molar-refractivity contribution in [1.29, 1.82) is 0 Å². The largest absolute Gasteiger partial charge is 0.399 e. The van der Waals surface area contributed by atoms with Crippen LogP contribution in [0.4, 0.5) is 11.4 Å². The summed E-state index contributed by atoms with van der Waals surface area (Å²) in [4.78, 5) is 16.3. The molecule has 0 aliphatic carbocycles. The summed E-state index contributed by atoms with van der Waals surface area (Å²) in [6.07, 6.45) is 1.55. The van der Waals surface area contributed by atoms with E-state index in [2.05, 4.69) is 10.3 Å². The molecule has 0 fully saturated rings. The molecule has 2 rings (SSSR count). The number of amides is 1. The smallest absolute Gasteiger partial charge is 0.234 e. The minimum absolute atomic E-state index is 0.121. The van der Waals surface area contributed by atoms with Crippen molar-refractivity contribution in [2.75, 3.05) is 11.1 Å². The van der Waals surface area contributed by atoms with Crippen molar-refractivity contribution in [2.45, 2.75) is 19.3 Å². The van der Waals surface area contributed by atoms with Crippen LogP contribution in [0, 0.1) is 0 Å². The van der Waals surface area contributed by atoms with Crippen LogP contribution in [0.5, 0.6) is 0 Å². The fraction of sp³-hybridized carbons (Fsp3) is 0.200. The number of pyridine rings is 1. The van der Waals surface area contributed by atoms with Crippen LogP contribution in [-0.4, -0.2) is 10.9 Å². The lowest BCUT2D eigenvalue weighted by Gasteiger charge is -2.24. The van der Waals surface area contributed by atoms with Gasteiger partial charge in [0.25, 0.3) is 0 Å². The molecule has 0 radical (unpaired) electrons. The number of halogens is 1. The number of benzene rings is 1. The van der Waals surface area contributed by atoms with Gasteiger partial charge in [0.15, 0.2) is 0 Å². The third-order valence-electron chi connectivity index (χ3n) is 3.18. The van der Waals surface area contributed by atoms with Crippen LogP contribution >= 0.6 is 11.6 Å². The third-order valence-corrected chi connectivity index (χ3v) is 3.39. The van der Waals surface area contributed by atoms with Gasteiger partial charge in [0.2, 0.25) is 5.91 Å². The van der Waals surface area contributed by atoms with Gasteiger partial charge in [-0.3, -0.25) is 4.79 Å². The molecular formula is C15H16ClN3O. The fourth-order valence-electron chi connectivity index (χ4n) is 1.80. The summed E-state index contributed by atoms with van der Waals surface area (Å²) in [5.41, 5.74) is 7.18. The van der Waals surface area contributed by atoms with Gasteiger partial charge in [0.05, 0.1) is 5.41 Å². The molecule has 5 heteroatoms. The number of carbonyl (C=O) groups excluding carboxylic acids is 1. The van der Waals surface area contributed by atoms with Crippen LogP contribution in [0.1, 0.15) is 19.4 Å². The van der Waals surface area contributed by atoms with Crippen molar-refractivity contribution in [3.05, 3.63) is 53.3 Å². The minimum atomic E-state index is -0.677. The predicted molar refractivity (Wildman–Crippen MR) is 81.8 cm³/mol. The standard InChI is InChI=1S/C15H16ClN3O/c1-15(2,10-3-5-11(17)6-4-10)14(20)19-12-7-8-18-13(16)9-12/h3-9H,17H2,1-2H3,(H,18,19,20). The molecule has 1 aromatic carbocycles. The Morgan fingerprint density at radius 3 is 2.50 bits per heavy atom. The maximum absolute atomic E-state index is 12.4. The lowest BCUT2D eigenvalue weighted by Crippen LogP contribution is -2.34. The maximum atomic E-state index is 12.4. The fourth-order valence-corrected chi connectivity index (χ4v) is 1.97. The third kappa shape index (κ3) is 3.08. The Balaban J connectivity index is 2.21. The van der Waals surface area contributed by atoms with Crippen molar-refractivity contribution in [3.63, 3.8) is 0 Å². The lowest BCUT2D eigenvalue weighted by atomic mass is 9.83. The number of nitrogens with one attached hydrogen (secondary N) is 1. The Hall–Kier alpha value is -2.07. The summed E-state index contributed by atoms with van der Waals surface area (Å²) in [6, 6.07) is 10.6. The second-order valence-electron chi connectivity index (χ2n) is 5.07. The van der Waals surface area contributed by atoms with Crippen LogP contribution in [0.25, 0.3) is 0 Å². The van der Waals surface area contributed by atoms with Gasteiger partial charge in [-0.1, -0.05) is 23.7 Å². The molecule has 0 bridgehead atoms. The molecule has 20 heavy (non-hydrogen) atoms. The minimum Gasteiger partial charge on any atom is -0.399 e. The van der Waals surface area contributed by atoms with E-state index in [-0.39, 0.29) is 5.91 Å². The number of aromatic nitrogens is 1. The highest BCUT2D eigenvalue weighted by atomic mass is 35.5. The molecule has 0 saturated carbocycles. The molecule has 2 aromatic rings. The SMILES string of the molecule is CC(C)(C(=O)Nc1ccnc(Cl)c1)c1ccc(N)cc1. The molecule has 0 atom stereocenters. The van der Waals surface area contributed by atoms with Gasteiger partial charge >= 0.3 is 0 Å². The Bertz CT molecular complexity index is 623. The molecule has 1 heterocycles. The predicted octanol–water partition coefficient (Wildman–Crippen LogP) is 3.23. The van der Waals surface area contributed by atoms with Crippen LogP contribution in [0.2, 0.25) is 5.15 Å². The number of hydrogen-bond donors (Lipinski definition) is 2. The molecule has 0 aliphatic rings. The number of carbonyl (C=O) groups is 1. The number of nitrogen functional groups attached to an aromatic ring is 1. The number of nitrogens with zero attached hydrogens (tertiary/aromatic N) is 1. The zero-order chi connectivity index (χ0) is 14.8. The van der Waals surface area contributed by atoms with Crippen LogP contribution < -0.4 is 11.1 Å². The molecule has 1 aromatic heterocycles. The van der Waals surface area contributed by atoms with Gasteiger partial charge < -0.3 is 11.1 Å². The van der Waals surface area contributed by atoms with E-state index in [1.165, 1.54) is 0 Å². The van der Waals surface area contributed by atoms with Gasteiger partial charge in [-0.15, -0.1) is 0 Å². The van der Waals surface area contributed by atoms with E-state index in [0.717, 1.165) is 5.56 Å². The van der Waals surface area contributed by atoms with Gasteiger partial charge in [-0.25, -0.2) is 4.98 Å². The average molecular weight is 290 g/mol. The first-order valence-electron chi connectivity index (χ1n) is 6.18. The quantitative estimate of drug-likeness (QED) is 0.673. The van der Waals surface area contributed by atoms with Crippen LogP contribution in [-0.2, 0) is 10.2 Å². The van der Waals surface area contributed by atoms with Crippen LogP contribution in [0.15, 0.2) is 42.6 Å². The van der Waals surface area contributed by atoms with E-state index in [9.17, 15) is 4.79 Å². The molecule has 1 amide bonds. The molecule has 4 nitrogen and oxygen atoms in total. The molecule has 0 aliphatic heterocycles. The Morgan fingerprint density at radius 2 is 1.90 bits per heavy atom. The second kappa shape index (κ2) is 5.51. The zero-order valence-corrected chi connectivity index (χ0v) is 12.1. The highest BCUT2D eigenvalue weighted by Gasteiger charge is 2.29. The number of hydrogen-bond acceptors (Lipinski definition) is 3. The van der Waals surface area contributed by atoms with Crippen molar-refractivity contribution in [3.8, 4) is 0 Å². The summed E-state index contributed by atoms with van der Waals surface area (Å²) in [5, 5.41) is 3.18. The summed E-state index contributed by atoms with van der Waals surface area (Å²) >= 11 is 5.80. The van der Waals surface area contributed by atoms with E-state index < -0.39 is 5.41 Å². The van der Waals surface area contributed by atoms with Crippen molar-refractivity contribution < 1.29 is 4.79 Å². The Morgan fingerprint density at radius 1 is 1.25 bits per heavy atom. The summed E-state index contributed by atoms with van der Waals surface area (Å²) < 4.78 is 0. The number of nitrogens with two attached hydrogens (primary N) is 1. The highest BCUT2D eigenvalue weighted by Crippen LogP contribution is 2.26. The van der Waals surface area contributed by atoms with Crippen molar-refractivity contribution in [1.82, 2.24) is 4.98 Å². The number of anilines is 2. The van der Waals surface area contributed by atoms with Gasteiger partial charge in [-0.05, 0) is 43.7 Å². The highest BCUT2D eigenvalue weighted by molar-refractivity contribution is 6.29. The molecule has 3 N–H and O–H groups in total. The lowest BCUT2D eigenvalue weighted by molar-refractivity contribution is -0.120. The molecule has 0 saturated heterocycles. The second-order valence-corrected chi connectivity index (χ2v) is 5.46. The van der Waals surface area contributed by atoms with Crippen molar-refractivity contribution in [2.24, 2.45) is 0 Å². The monoisotopic (exact) mass is 289 g/mol. The summed E-state index contributed by atoms with van der Waals surface area (Å²) in [7, 11) is 0. The first-order chi connectivity index (χ1) is 9.39. The van der Waals surface area contributed by atoms with Gasteiger partial charge in [0.1, 0.15) is 5.15 Å². The zero-order valence-electron chi connectivity index (χ0n) is 11.4. The Kier molecular flexibility index (Phi) is 3.95.